The number of ether oxygens (including phenoxy) is 1. The normalized spacial score (nSPS) is 15.8. The standard InChI is InChI=1S/C25H21ClN2O2/c1-30-19-6-4-5-17(15-19)25(29)28-14-13-21-20-7-2-3-8-22(20)27-23(21)24(28)16-9-11-18(26)12-10-16/h2-12,15,24,27H,13-14H2,1H3. The van der Waals surface area contributed by atoms with Crippen LogP contribution in [0.4, 0.5) is 0 Å². The number of methoxy groups -OCH3 is 1. The van der Waals surface area contributed by atoms with Crippen LogP contribution in [0.1, 0.15) is 33.2 Å². The van der Waals surface area contributed by atoms with E-state index in [2.05, 4.69) is 23.2 Å². The summed E-state index contributed by atoms with van der Waals surface area (Å²) in [5.41, 5.74) is 5.09. The Bertz CT molecular complexity index is 1230. The van der Waals surface area contributed by atoms with Gasteiger partial charge in [0, 0.05) is 33.7 Å². The van der Waals surface area contributed by atoms with Crippen LogP contribution in [0.2, 0.25) is 5.02 Å². The number of aromatic nitrogens is 1. The molecule has 0 spiro atoms. The molecule has 1 atom stereocenters. The molecule has 5 rings (SSSR count). The number of benzene rings is 3. The van der Waals surface area contributed by atoms with Crippen LogP contribution in [0.5, 0.6) is 5.75 Å². The zero-order valence-corrected chi connectivity index (χ0v) is 17.3. The van der Waals surface area contributed by atoms with Gasteiger partial charge >= 0.3 is 0 Å². The van der Waals surface area contributed by atoms with E-state index in [4.69, 9.17) is 16.3 Å². The first-order chi connectivity index (χ1) is 14.7. The molecule has 0 saturated heterocycles. The highest BCUT2D eigenvalue weighted by Crippen LogP contribution is 2.39. The van der Waals surface area contributed by atoms with Crippen molar-refractivity contribution in [2.45, 2.75) is 12.5 Å². The molecule has 0 radical (unpaired) electrons. The van der Waals surface area contributed by atoms with Crippen LogP contribution >= 0.6 is 11.6 Å². The molecule has 3 aromatic carbocycles. The number of carbonyl (C=O) groups is 1. The van der Waals surface area contributed by atoms with Gasteiger partial charge in [0.15, 0.2) is 0 Å². The number of nitrogens with zero attached hydrogens (tertiary/aromatic N) is 1. The van der Waals surface area contributed by atoms with Crippen molar-refractivity contribution in [2.75, 3.05) is 13.7 Å². The van der Waals surface area contributed by atoms with Gasteiger partial charge < -0.3 is 14.6 Å². The van der Waals surface area contributed by atoms with Crippen molar-refractivity contribution in [2.24, 2.45) is 0 Å². The van der Waals surface area contributed by atoms with Crippen LogP contribution in [-0.2, 0) is 6.42 Å². The second kappa shape index (κ2) is 7.54. The van der Waals surface area contributed by atoms with Gasteiger partial charge in [-0.15, -0.1) is 0 Å². The van der Waals surface area contributed by atoms with Crippen LogP contribution in [0.3, 0.4) is 0 Å². The van der Waals surface area contributed by atoms with Gasteiger partial charge in [-0.05, 0) is 53.9 Å². The number of aromatic amines is 1. The van der Waals surface area contributed by atoms with Crippen molar-refractivity contribution < 1.29 is 9.53 Å². The number of para-hydroxylation sites is 1. The van der Waals surface area contributed by atoms with E-state index >= 15 is 0 Å². The summed E-state index contributed by atoms with van der Waals surface area (Å²) >= 11 is 6.14. The van der Waals surface area contributed by atoms with Gasteiger partial charge in [0.05, 0.1) is 13.2 Å². The van der Waals surface area contributed by atoms with E-state index in [1.165, 1.54) is 10.9 Å². The van der Waals surface area contributed by atoms with E-state index in [1.807, 2.05) is 53.4 Å². The van der Waals surface area contributed by atoms with Gasteiger partial charge in [0.2, 0.25) is 0 Å². The first-order valence-electron chi connectivity index (χ1n) is 9.95. The number of fused-ring (bicyclic) bond motifs is 3. The fraction of sp³-hybridized carbons (Fsp3) is 0.160. The maximum absolute atomic E-state index is 13.6. The van der Waals surface area contributed by atoms with Gasteiger partial charge in [-0.2, -0.15) is 0 Å². The van der Waals surface area contributed by atoms with Crippen LogP contribution in [0, 0.1) is 0 Å². The topological polar surface area (TPSA) is 45.3 Å². The van der Waals surface area contributed by atoms with Gasteiger partial charge in [0.1, 0.15) is 5.75 Å². The maximum atomic E-state index is 13.6. The number of amides is 1. The molecule has 1 unspecified atom stereocenters. The van der Waals surface area contributed by atoms with E-state index in [-0.39, 0.29) is 11.9 Å². The van der Waals surface area contributed by atoms with Crippen molar-refractivity contribution in [3.8, 4) is 5.75 Å². The Balaban J connectivity index is 1.64. The maximum Gasteiger partial charge on any atom is 0.254 e. The van der Waals surface area contributed by atoms with Crippen LogP contribution in [0.25, 0.3) is 10.9 Å². The summed E-state index contributed by atoms with van der Waals surface area (Å²) in [6.07, 6.45) is 0.805. The average molecular weight is 417 g/mol. The number of halogens is 1. The molecule has 0 fully saturated rings. The summed E-state index contributed by atoms with van der Waals surface area (Å²) in [5, 5.41) is 1.90. The van der Waals surface area contributed by atoms with Crippen molar-refractivity contribution >= 4 is 28.4 Å². The predicted octanol–water partition coefficient (Wildman–Crippen LogP) is 5.62. The smallest absolute Gasteiger partial charge is 0.254 e. The molecular formula is C25H21ClN2O2. The number of hydrogen-bond acceptors (Lipinski definition) is 2. The molecule has 1 aromatic heterocycles. The number of H-pyrrole nitrogens is 1. The van der Waals surface area contributed by atoms with Gasteiger partial charge in [-0.1, -0.05) is 48.0 Å². The highest BCUT2D eigenvalue weighted by Gasteiger charge is 2.35. The minimum Gasteiger partial charge on any atom is -0.497 e. The van der Waals surface area contributed by atoms with E-state index in [0.29, 0.717) is 22.9 Å². The Morgan fingerprint density at radius 1 is 1.07 bits per heavy atom. The molecule has 1 aliphatic heterocycles. The summed E-state index contributed by atoms with van der Waals surface area (Å²) in [5.74, 6) is 0.658. The van der Waals surface area contributed by atoms with Crippen LogP contribution in [0.15, 0.2) is 72.8 Å². The van der Waals surface area contributed by atoms with E-state index in [9.17, 15) is 4.79 Å². The van der Waals surface area contributed by atoms with Crippen molar-refractivity contribution in [3.63, 3.8) is 0 Å². The molecule has 2 heterocycles. The zero-order valence-electron chi connectivity index (χ0n) is 16.6. The molecule has 30 heavy (non-hydrogen) atoms. The molecule has 1 N–H and O–H groups in total. The lowest BCUT2D eigenvalue weighted by Crippen LogP contribution is -2.40. The largest absolute Gasteiger partial charge is 0.497 e. The molecule has 4 nitrogen and oxygen atoms in total. The van der Waals surface area contributed by atoms with Crippen molar-refractivity contribution in [1.29, 1.82) is 0 Å². The summed E-state index contributed by atoms with van der Waals surface area (Å²) in [6, 6.07) is 23.2. The van der Waals surface area contributed by atoms with Gasteiger partial charge in [-0.3, -0.25) is 4.79 Å². The Morgan fingerprint density at radius 2 is 1.87 bits per heavy atom. The van der Waals surface area contributed by atoms with E-state index in [1.54, 1.807) is 13.2 Å². The number of hydrogen-bond donors (Lipinski definition) is 1. The number of rotatable bonds is 3. The highest BCUT2D eigenvalue weighted by atomic mass is 35.5. The Morgan fingerprint density at radius 3 is 2.67 bits per heavy atom. The fourth-order valence-electron chi connectivity index (χ4n) is 4.37. The molecule has 4 aromatic rings. The van der Waals surface area contributed by atoms with Crippen LogP contribution in [-0.4, -0.2) is 29.4 Å². The van der Waals surface area contributed by atoms with Crippen molar-refractivity contribution in [1.82, 2.24) is 9.88 Å². The summed E-state index contributed by atoms with van der Waals surface area (Å²) in [7, 11) is 1.61. The van der Waals surface area contributed by atoms with Crippen molar-refractivity contribution in [3.05, 3.63) is 100 Å². The first-order valence-corrected chi connectivity index (χ1v) is 10.3. The zero-order chi connectivity index (χ0) is 20.7. The number of carbonyl (C=O) groups excluding carboxylic acids is 1. The van der Waals surface area contributed by atoms with Crippen LogP contribution < -0.4 is 4.74 Å². The highest BCUT2D eigenvalue weighted by molar-refractivity contribution is 6.30. The minimum absolute atomic E-state index is 0.0156. The third-order valence-corrected chi connectivity index (χ3v) is 6.05. The summed E-state index contributed by atoms with van der Waals surface area (Å²) in [6.45, 7) is 0.637. The molecule has 0 saturated carbocycles. The lowest BCUT2D eigenvalue weighted by Gasteiger charge is -2.36. The molecular weight excluding hydrogens is 396 g/mol. The third kappa shape index (κ3) is 3.14. The lowest BCUT2D eigenvalue weighted by atomic mass is 9.91. The molecule has 0 bridgehead atoms. The quantitative estimate of drug-likeness (QED) is 0.471. The predicted molar refractivity (Wildman–Crippen MR) is 119 cm³/mol. The molecule has 1 amide bonds. The molecule has 150 valence electrons. The number of nitrogens with one attached hydrogen (secondary N) is 1. The Labute approximate surface area is 180 Å². The second-order valence-corrected chi connectivity index (χ2v) is 7.93. The average Bonchev–Trinajstić information content (AvgIpc) is 3.17. The summed E-state index contributed by atoms with van der Waals surface area (Å²) < 4.78 is 5.32. The third-order valence-electron chi connectivity index (χ3n) is 5.80. The van der Waals surface area contributed by atoms with E-state index < -0.39 is 0 Å². The minimum atomic E-state index is -0.211. The fourth-order valence-corrected chi connectivity index (χ4v) is 4.50. The molecule has 5 heteroatoms. The Kier molecular flexibility index (Phi) is 4.72. The van der Waals surface area contributed by atoms with E-state index in [0.717, 1.165) is 23.2 Å². The Hall–Kier alpha value is -3.24. The van der Waals surface area contributed by atoms with Gasteiger partial charge in [0.25, 0.3) is 5.91 Å². The second-order valence-electron chi connectivity index (χ2n) is 7.50. The monoisotopic (exact) mass is 416 g/mol. The van der Waals surface area contributed by atoms with Gasteiger partial charge in [-0.25, -0.2) is 0 Å². The molecule has 1 aliphatic rings. The first kappa shape index (κ1) is 18.8. The summed E-state index contributed by atoms with van der Waals surface area (Å²) in [4.78, 5) is 19.1. The SMILES string of the molecule is COc1cccc(C(=O)N2CCc3c([nH]c4ccccc34)C2c2ccc(Cl)cc2)c1. The lowest BCUT2D eigenvalue weighted by molar-refractivity contribution is 0.0691. The molecule has 0 aliphatic carbocycles.